The smallest absolute Gasteiger partial charge is 0.244 e. The predicted octanol–water partition coefficient (Wildman–Crippen LogP) is 0.306. The van der Waals surface area contributed by atoms with E-state index >= 15 is 0 Å². The Labute approximate surface area is 77.1 Å². The van der Waals surface area contributed by atoms with Gasteiger partial charge in [-0.1, -0.05) is 0 Å². The molecule has 1 fully saturated rings. The van der Waals surface area contributed by atoms with Gasteiger partial charge in [-0.3, -0.25) is 9.48 Å². The second-order valence-electron chi connectivity index (χ2n) is 3.23. The molecule has 1 saturated heterocycles. The first-order chi connectivity index (χ1) is 6.36. The number of carbonyl (C=O) groups is 1. The Balaban J connectivity index is 1.91. The zero-order valence-corrected chi connectivity index (χ0v) is 7.44. The SMILES string of the molecule is O=C(Cn1c[c]cn1)N1CCCC1. The Morgan fingerprint density at radius 3 is 2.85 bits per heavy atom. The largest absolute Gasteiger partial charge is 0.341 e. The van der Waals surface area contributed by atoms with Crippen molar-refractivity contribution in [2.75, 3.05) is 13.1 Å². The average molecular weight is 178 g/mol. The van der Waals surface area contributed by atoms with Crippen LogP contribution in [0.3, 0.4) is 0 Å². The molecular formula is C9H12N3O. The molecule has 1 radical (unpaired) electrons. The number of rotatable bonds is 2. The molecule has 4 nitrogen and oxygen atoms in total. The van der Waals surface area contributed by atoms with Gasteiger partial charge < -0.3 is 4.90 Å². The molecule has 1 aliphatic rings. The van der Waals surface area contributed by atoms with Gasteiger partial charge in [-0.25, -0.2) is 0 Å². The molecule has 0 spiro atoms. The third-order valence-corrected chi connectivity index (χ3v) is 2.26. The predicted molar refractivity (Wildman–Crippen MR) is 46.9 cm³/mol. The second kappa shape index (κ2) is 3.60. The molecule has 0 saturated carbocycles. The molecule has 0 bridgehead atoms. The van der Waals surface area contributed by atoms with Crippen LogP contribution in [-0.2, 0) is 11.3 Å². The molecule has 69 valence electrons. The Morgan fingerprint density at radius 2 is 2.23 bits per heavy atom. The van der Waals surface area contributed by atoms with Gasteiger partial charge in [0.1, 0.15) is 6.54 Å². The Hall–Kier alpha value is -1.32. The van der Waals surface area contributed by atoms with E-state index in [-0.39, 0.29) is 5.91 Å². The van der Waals surface area contributed by atoms with Crippen LogP contribution in [-0.4, -0.2) is 33.7 Å². The summed E-state index contributed by atoms with van der Waals surface area (Å²) in [6.45, 7) is 2.16. The first-order valence-electron chi connectivity index (χ1n) is 4.52. The average Bonchev–Trinajstić information content (AvgIpc) is 2.74. The van der Waals surface area contributed by atoms with Crippen molar-refractivity contribution in [2.24, 2.45) is 0 Å². The van der Waals surface area contributed by atoms with Gasteiger partial charge in [-0.2, -0.15) is 5.10 Å². The highest BCUT2D eigenvalue weighted by molar-refractivity contribution is 5.76. The van der Waals surface area contributed by atoms with Crippen molar-refractivity contribution in [3.8, 4) is 0 Å². The highest BCUT2D eigenvalue weighted by Crippen LogP contribution is 2.07. The van der Waals surface area contributed by atoms with Crippen LogP contribution in [0.4, 0.5) is 0 Å². The first-order valence-corrected chi connectivity index (χ1v) is 4.52. The van der Waals surface area contributed by atoms with Crippen molar-refractivity contribution >= 4 is 5.91 Å². The topological polar surface area (TPSA) is 38.1 Å². The molecular weight excluding hydrogens is 166 g/mol. The lowest BCUT2D eigenvalue weighted by Crippen LogP contribution is -2.31. The van der Waals surface area contributed by atoms with Crippen molar-refractivity contribution < 1.29 is 4.79 Å². The second-order valence-corrected chi connectivity index (χ2v) is 3.23. The van der Waals surface area contributed by atoms with Crippen LogP contribution >= 0.6 is 0 Å². The van der Waals surface area contributed by atoms with E-state index in [4.69, 9.17) is 0 Å². The summed E-state index contributed by atoms with van der Waals surface area (Å²) >= 11 is 0. The van der Waals surface area contributed by atoms with Gasteiger partial charge in [0.2, 0.25) is 5.91 Å². The zero-order chi connectivity index (χ0) is 9.10. The van der Waals surface area contributed by atoms with Crippen LogP contribution in [0.15, 0.2) is 12.4 Å². The Bertz CT molecular complexity index is 275. The lowest BCUT2D eigenvalue weighted by molar-refractivity contribution is -0.130. The van der Waals surface area contributed by atoms with E-state index in [9.17, 15) is 4.79 Å². The summed E-state index contributed by atoms with van der Waals surface area (Å²) in [4.78, 5) is 13.5. The van der Waals surface area contributed by atoms with E-state index < -0.39 is 0 Å². The van der Waals surface area contributed by atoms with Gasteiger partial charge in [0.05, 0.1) is 6.20 Å². The highest BCUT2D eigenvalue weighted by atomic mass is 16.2. The summed E-state index contributed by atoms with van der Waals surface area (Å²) in [5, 5.41) is 3.94. The minimum atomic E-state index is 0.162. The van der Waals surface area contributed by atoms with Gasteiger partial charge in [0.25, 0.3) is 0 Å². The molecule has 1 aliphatic heterocycles. The number of likely N-dealkylation sites (tertiary alicyclic amines) is 1. The van der Waals surface area contributed by atoms with Gasteiger partial charge in [0, 0.05) is 25.4 Å². The molecule has 1 aromatic heterocycles. The third-order valence-electron chi connectivity index (χ3n) is 2.26. The molecule has 2 rings (SSSR count). The fourth-order valence-corrected chi connectivity index (χ4v) is 1.55. The van der Waals surface area contributed by atoms with E-state index in [2.05, 4.69) is 11.2 Å². The van der Waals surface area contributed by atoms with Crippen LogP contribution in [0, 0.1) is 6.07 Å². The van der Waals surface area contributed by atoms with Crippen molar-refractivity contribution in [3.63, 3.8) is 0 Å². The summed E-state index contributed by atoms with van der Waals surface area (Å²) in [6.07, 6.45) is 5.53. The van der Waals surface area contributed by atoms with Gasteiger partial charge in [0.15, 0.2) is 0 Å². The minimum Gasteiger partial charge on any atom is -0.341 e. The first kappa shape index (κ1) is 8.29. The number of nitrogens with zero attached hydrogens (tertiary/aromatic N) is 3. The fraction of sp³-hybridized carbons (Fsp3) is 0.556. The lowest BCUT2D eigenvalue weighted by atomic mass is 10.4. The quantitative estimate of drug-likeness (QED) is 0.653. The van der Waals surface area contributed by atoms with E-state index in [0.29, 0.717) is 6.54 Å². The maximum Gasteiger partial charge on any atom is 0.244 e. The summed E-state index contributed by atoms with van der Waals surface area (Å²) in [6, 6.07) is 2.81. The standard InChI is InChI=1S/C9H12N3O/c13-9(11-5-1-2-6-11)8-12-7-3-4-10-12/h4,7H,1-2,5-6,8H2. The van der Waals surface area contributed by atoms with Gasteiger partial charge in [-0.15, -0.1) is 0 Å². The summed E-state index contributed by atoms with van der Waals surface area (Å²) < 4.78 is 1.61. The molecule has 2 heterocycles. The summed E-state index contributed by atoms with van der Waals surface area (Å²) in [5.74, 6) is 0.162. The van der Waals surface area contributed by atoms with E-state index in [1.54, 1.807) is 17.1 Å². The van der Waals surface area contributed by atoms with Gasteiger partial charge >= 0.3 is 0 Å². The number of hydrogen-bond donors (Lipinski definition) is 0. The van der Waals surface area contributed by atoms with Gasteiger partial charge in [-0.05, 0) is 12.8 Å². The summed E-state index contributed by atoms with van der Waals surface area (Å²) in [7, 11) is 0. The number of amides is 1. The highest BCUT2D eigenvalue weighted by Gasteiger charge is 2.17. The molecule has 1 aromatic rings. The van der Waals surface area contributed by atoms with E-state index in [1.165, 1.54) is 0 Å². The number of aromatic nitrogens is 2. The van der Waals surface area contributed by atoms with E-state index in [1.807, 2.05) is 4.90 Å². The monoisotopic (exact) mass is 178 g/mol. The molecule has 13 heavy (non-hydrogen) atoms. The molecule has 0 atom stereocenters. The molecule has 1 amide bonds. The molecule has 4 heteroatoms. The third kappa shape index (κ3) is 1.88. The van der Waals surface area contributed by atoms with Crippen molar-refractivity contribution in [1.29, 1.82) is 0 Å². The maximum atomic E-state index is 11.6. The number of hydrogen-bond acceptors (Lipinski definition) is 2. The fourth-order valence-electron chi connectivity index (χ4n) is 1.55. The summed E-state index contributed by atoms with van der Waals surface area (Å²) in [5.41, 5.74) is 0. The van der Waals surface area contributed by atoms with Crippen molar-refractivity contribution in [3.05, 3.63) is 18.5 Å². The Kier molecular flexibility index (Phi) is 2.29. The van der Waals surface area contributed by atoms with Crippen LogP contribution in [0.1, 0.15) is 12.8 Å². The van der Waals surface area contributed by atoms with Crippen LogP contribution < -0.4 is 0 Å². The maximum absolute atomic E-state index is 11.6. The van der Waals surface area contributed by atoms with E-state index in [0.717, 1.165) is 25.9 Å². The lowest BCUT2D eigenvalue weighted by Gasteiger charge is -2.14. The molecule has 0 aliphatic carbocycles. The number of carbonyl (C=O) groups excluding carboxylic acids is 1. The molecule has 0 N–H and O–H groups in total. The van der Waals surface area contributed by atoms with Crippen molar-refractivity contribution in [2.45, 2.75) is 19.4 Å². The minimum absolute atomic E-state index is 0.162. The van der Waals surface area contributed by atoms with Crippen LogP contribution in [0.25, 0.3) is 0 Å². The Morgan fingerprint density at radius 1 is 1.46 bits per heavy atom. The molecule has 0 aromatic carbocycles. The van der Waals surface area contributed by atoms with Crippen LogP contribution in [0.2, 0.25) is 0 Å². The molecule has 0 unspecified atom stereocenters. The van der Waals surface area contributed by atoms with Crippen molar-refractivity contribution in [1.82, 2.24) is 14.7 Å². The normalized spacial score (nSPS) is 16.5. The zero-order valence-electron chi connectivity index (χ0n) is 7.44. The van der Waals surface area contributed by atoms with Crippen LogP contribution in [0.5, 0.6) is 0 Å².